The summed E-state index contributed by atoms with van der Waals surface area (Å²) in [5, 5.41) is 14.8. The van der Waals surface area contributed by atoms with Crippen LogP contribution < -0.4 is 5.32 Å². The molecule has 2 N–H and O–H groups in total. The number of rotatable bonds is 6. The van der Waals surface area contributed by atoms with Gasteiger partial charge in [0.05, 0.1) is 5.56 Å². The molecule has 2 aromatic heterocycles. The van der Waals surface area contributed by atoms with Crippen LogP contribution in [0.4, 0.5) is 0 Å². The molecule has 6 heteroatoms. The van der Waals surface area contributed by atoms with Gasteiger partial charge in [-0.05, 0) is 31.7 Å². The van der Waals surface area contributed by atoms with Gasteiger partial charge in [0.15, 0.2) is 5.13 Å². The monoisotopic (exact) mass is 321 g/mol. The third-order valence-electron chi connectivity index (χ3n) is 3.80. The number of aliphatic hydroxyl groups excluding tert-OH is 1. The number of nitrogens with one attached hydrogen (secondary N) is 1. The lowest BCUT2D eigenvalue weighted by molar-refractivity contribution is 0.0927. The number of aliphatic hydroxyl groups is 1. The first-order chi connectivity index (χ1) is 10.4. The molecule has 0 aromatic carbocycles. The van der Waals surface area contributed by atoms with Crippen molar-refractivity contribution in [2.24, 2.45) is 5.41 Å². The minimum atomic E-state index is -0.120. The van der Waals surface area contributed by atoms with Crippen LogP contribution in [0.25, 0.3) is 5.13 Å². The van der Waals surface area contributed by atoms with Gasteiger partial charge in [-0.3, -0.25) is 9.36 Å². The maximum absolute atomic E-state index is 12.4. The molecule has 0 aliphatic carbocycles. The van der Waals surface area contributed by atoms with Crippen molar-refractivity contribution < 1.29 is 9.90 Å². The van der Waals surface area contributed by atoms with Gasteiger partial charge >= 0.3 is 0 Å². The van der Waals surface area contributed by atoms with Gasteiger partial charge in [0.1, 0.15) is 0 Å². The maximum Gasteiger partial charge on any atom is 0.253 e. The third-order valence-corrected chi connectivity index (χ3v) is 4.56. The molecule has 0 atom stereocenters. The topological polar surface area (TPSA) is 67.2 Å². The van der Waals surface area contributed by atoms with Crippen LogP contribution in [0.2, 0.25) is 0 Å². The smallest absolute Gasteiger partial charge is 0.253 e. The second kappa shape index (κ2) is 6.62. The average molecular weight is 321 g/mol. The van der Waals surface area contributed by atoms with E-state index in [9.17, 15) is 4.79 Å². The molecule has 0 saturated heterocycles. The number of nitrogens with zero attached hydrogens (tertiary/aromatic N) is 2. The summed E-state index contributed by atoms with van der Waals surface area (Å²) in [4.78, 5) is 16.8. The molecule has 0 saturated carbocycles. The third kappa shape index (κ3) is 3.56. The molecular formula is C16H23N3O2S. The zero-order chi connectivity index (χ0) is 16.3. The molecule has 0 aliphatic rings. The van der Waals surface area contributed by atoms with Crippen molar-refractivity contribution in [2.45, 2.75) is 34.1 Å². The highest BCUT2D eigenvalue weighted by Gasteiger charge is 2.21. The first-order valence-corrected chi connectivity index (χ1v) is 8.21. The lowest BCUT2D eigenvalue weighted by Crippen LogP contribution is -2.34. The summed E-state index contributed by atoms with van der Waals surface area (Å²) in [6.45, 7) is 8.63. The molecule has 2 rings (SSSR count). The van der Waals surface area contributed by atoms with E-state index >= 15 is 0 Å². The van der Waals surface area contributed by atoms with Crippen LogP contribution >= 0.6 is 11.3 Å². The zero-order valence-corrected chi connectivity index (χ0v) is 14.3. The van der Waals surface area contributed by atoms with Gasteiger partial charge in [-0.2, -0.15) is 0 Å². The van der Waals surface area contributed by atoms with E-state index in [1.165, 1.54) is 0 Å². The predicted molar refractivity (Wildman–Crippen MR) is 88.7 cm³/mol. The molecule has 0 radical (unpaired) electrons. The molecule has 5 nitrogen and oxygen atoms in total. The Hall–Kier alpha value is -1.66. The Morgan fingerprint density at radius 1 is 1.45 bits per heavy atom. The Balaban J connectivity index is 2.16. The van der Waals surface area contributed by atoms with E-state index in [-0.39, 0.29) is 17.9 Å². The molecule has 0 aliphatic heterocycles. The Kier molecular flexibility index (Phi) is 5.03. The summed E-state index contributed by atoms with van der Waals surface area (Å²) < 4.78 is 2.00. The number of thiazole rings is 1. The zero-order valence-electron chi connectivity index (χ0n) is 13.5. The summed E-state index contributed by atoms with van der Waals surface area (Å²) in [5.41, 5.74) is 2.44. The molecular weight excluding hydrogens is 298 g/mol. The first kappa shape index (κ1) is 16.7. The molecule has 22 heavy (non-hydrogen) atoms. The highest BCUT2D eigenvalue weighted by Crippen LogP contribution is 2.23. The van der Waals surface area contributed by atoms with Crippen LogP contribution in [-0.4, -0.2) is 33.7 Å². The van der Waals surface area contributed by atoms with Crippen LogP contribution in [-0.2, 0) is 0 Å². The molecule has 2 aromatic rings. The van der Waals surface area contributed by atoms with E-state index in [0.29, 0.717) is 18.5 Å². The van der Waals surface area contributed by atoms with Crippen molar-refractivity contribution in [2.75, 3.05) is 13.2 Å². The maximum atomic E-state index is 12.4. The molecule has 1 amide bonds. The SMILES string of the molecule is Cc1cc(C(=O)NCC(C)(C)CCO)c(C)n1-c1nccs1. The summed E-state index contributed by atoms with van der Waals surface area (Å²) in [5.74, 6) is -0.0816. The Morgan fingerprint density at radius 3 is 2.77 bits per heavy atom. The molecule has 0 bridgehead atoms. The van der Waals surface area contributed by atoms with Crippen LogP contribution in [0.15, 0.2) is 17.6 Å². The fourth-order valence-corrected chi connectivity index (χ4v) is 3.17. The van der Waals surface area contributed by atoms with E-state index in [1.807, 2.05) is 43.7 Å². The Morgan fingerprint density at radius 2 is 2.18 bits per heavy atom. The largest absolute Gasteiger partial charge is 0.396 e. The number of carbonyl (C=O) groups excluding carboxylic acids is 1. The molecule has 0 unspecified atom stereocenters. The van der Waals surface area contributed by atoms with Gasteiger partial charge < -0.3 is 10.4 Å². The lowest BCUT2D eigenvalue weighted by Gasteiger charge is -2.23. The number of hydrogen-bond donors (Lipinski definition) is 2. The molecule has 120 valence electrons. The van der Waals surface area contributed by atoms with Crippen LogP contribution in [0.5, 0.6) is 0 Å². The molecule has 0 fully saturated rings. The number of aryl methyl sites for hydroxylation is 1. The average Bonchev–Trinajstić information content (AvgIpc) is 3.04. The summed E-state index contributed by atoms with van der Waals surface area (Å²) in [6.07, 6.45) is 2.42. The van der Waals surface area contributed by atoms with Crippen molar-refractivity contribution >= 4 is 17.2 Å². The van der Waals surface area contributed by atoms with Gasteiger partial charge in [-0.15, -0.1) is 11.3 Å². The second-order valence-corrected chi connectivity index (χ2v) is 7.13. The standard InChI is InChI=1S/C16H23N3O2S/c1-11-9-13(12(2)19(11)15-17-6-8-22-15)14(21)18-10-16(3,4)5-7-20/h6,8-9,20H,5,7,10H2,1-4H3,(H,18,21). The number of amides is 1. The quantitative estimate of drug-likeness (QED) is 0.859. The van der Waals surface area contributed by atoms with Crippen molar-refractivity contribution in [1.29, 1.82) is 0 Å². The van der Waals surface area contributed by atoms with Crippen molar-refractivity contribution in [3.05, 3.63) is 34.6 Å². The van der Waals surface area contributed by atoms with E-state index in [4.69, 9.17) is 5.11 Å². The van der Waals surface area contributed by atoms with Crippen molar-refractivity contribution in [3.63, 3.8) is 0 Å². The summed E-state index contributed by atoms with van der Waals surface area (Å²) in [7, 11) is 0. The normalized spacial score (nSPS) is 11.7. The molecule has 2 heterocycles. The minimum absolute atomic E-state index is 0.0816. The fraction of sp³-hybridized carbons (Fsp3) is 0.500. The minimum Gasteiger partial charge on any atom is -0.396 e. The first-order valence-electron chi connectivity index (χ1n) is 7.33. The van der Waals surface area contributed by atoms with E-state index in [2.05, 4.69) is 10.3 Å². The lowest BCUT2D eigenvalue weighted by atomic mass is 9.89. The van der Waals surface area contributed by atoms with Gasteiger partial charge in [-0.1, -0.05) is 13.8 Å². The van der Waals surface area contributed by atoms with Gasteiger partial charge in [0.2, 0.25) is 0 Å². The summed E-state index contributed by atoms with van der Waals surface area (Å²) in [6, 6.07) is 1.89. The van der Waals surface area contributed by atoms with E-state index < -0.39 is 0 Å². The number of aromatic nitrogens is 2. The number of hydrogen-bond acceptors (Lipinski definition) is 4. The highest BCUT2D eigenvalue weighted by molar-refractivity contribution is 7.12. The summed E-state index contributed by atoms with van der Waals surface area (Å²) >= 11 is 1.55. The van der Waals surface area contributed by atoms with Crippen LogP contribution in [0.1, 0.15) is 42.0 Å². The molecule has 0 spiro atoms. The second-order valence-electron chi connectivity index (χ2n) is 6.26. The van der Waals surface area contributed by atoms with Gasteiger partial charge in [0, 0.05) is 36.1 Å². The van der Waals surface area contributed by atoms with Crippen molar-refractivity contribution in [3.8, 4) is 5.13 Å². The van der Waals surface area contributed by atoms with Crippen molar-refractivity contribution in [1.82, 2.24) is 14.9 Å². The van der Waals surface area contributed by atoms with E-state index in [1.54, 1.807) is 17.5 Å². The highest BCUT2D eigenvalue weighted by atomic mass is 32.1. The van der Waals surface area contributed by atoms with Crippen LogP contribution in [0.3, 0.4) is 0 Å². The van der Waals surface area contributed by atoms with Gasteiger partial charge in [0.25, 0.3) is 5.91 Å². The predicted octanol–water partition coefficient (Wildman–Crippen LogP) is 2.69. The Bertz CT molecular complexity index is 645. The number of carbonyl (C=O) groups is 1. The van der Waals surface area contributed by atoms with E-state index in [0.717, 1.165) is 16.5 Å². The van der Waals surface area contributed by atoms with Gasteiger partial charge in [-0.25, -0.2) is 4.98 Å². The Labute approximate surface area is 135 Å². The fourth-order valence-electron chi connectivity index (χ4n) is 2.42. The van der Waals surface area contributed by atoms with Crippen LogP contribution in [0, 0.1) is 19.3 Å².